The van der Waals surface area contributed by atoms with E-state index in [2.05, 4.69) is 0 Å². The van der Waals surface area contributed by atoms with Crippen LogP contribution >= 0.6 is 23.8 Å². The van der Waals surface area contributed by atoms with Crippen molar-refractivity contribution in [1.29, 1.82) is 0 Å². The second-order valence-corrected chi connectivity index (χ2v) is 5.08. The summed E-state index contributed by atoms with van der Waals surface area (Å²) in [5.74, 6) is 0.154. The van der Waals surface area contributed by atoms with Crippen molar-refractivity contribution < 1.29 is 13.9 Å². The summed E-state index contributed by atoms with van der Waals surface area (Å²) in [6.45, 7) is 0.0369. The Balaban J connectivity index is 2.15. The molecule has 0 radical (unpaired) electrons. The second kappa shape index (κ2) is 6.74. The molecular weight excluding hydrogens is 313 g/mol. The molecule has 21 heavy (non-hydrogen) atoms. The molecule has 0 heterocycles. The molecule has 2 N–H and O–H groups in total. The van der Waals surface area contributed by atoms with Crippen LogP contribution < -0.4 is 15.2 Å². The molecule has 0 fully saturated rings. The van der Waals surface area contributed by atoms with Crippen molar-refractivity contribution >= 4 is 28.8 Å². The van der Waals surface area contributed by atoms with Crippen LogP contribution in [0.5, 0.6) is 11.5 Å². The van der Waals surface area contributed by atoms with Crippen molar-refractivity contribution in [2.75, 3.05) is 7.11 Å². The van der Waals surface area contributed by atoms with Gasteiger partial charge in [-0.3, -0.25) is 0 Å². The van der Waals surface area contributed by atoms with Crippen LogP contribution in [0, 0.1) is 5.82 Å². The smallest absolute Gasteiger partial charge is 0.171 e. The summed E-state index contributed by atoms with van der Waals surface area (Å²) < 4.78 is 24.4. The van der Waals surface area contributed by atoms with Crippen molar-refractivity contribution in [2.24, 2.45) is 5.73 Å². The average molecular weight is 326 g/mol. The van der Waals surface area contributed by atoms with E-state index >= 15 is 0 Å². The highest BCUT2D eigenvalue weighted by molar-refractivity contribution is 7.80. The van der Waals surface area contributed by atoms with E-state index in [0.29, 0.717) is 21.9 Å². The largest absolute Gasteiger partial charge is 0.494 e. The first kappa shape index (κ1) is 15.5. The summed E-state index contributed by atoms with van der Waals surface area (Å²) >= 11 is 10.9. The first-order valence-corrected chi connectivity index (χ1v) is 6.85. The van der Waals surface area contributed by atoms with E-state index in [0.717, 1.165) is 0 Å². The Morgan fingerprint density at radius 3 is 2.67 bits per heavy atom. The molecule has 0 atom stereocenters. The lowest BCUT2D eigenvalue weighted by Gasteiger charge is -2.11. The number of thiocarbonyl (C=S) groups is 1. The summed E-state index contributed by atoms with van der Waals surface area (Å²) in [6, 6.07) is 9.82. The number of halogens is 2. The number of ether oxygens (including phenoxy) is 2. The first-order valence-electron chi connectivity index (χ1n) is 6.06. The van der Waals surface area contributed by atoms with Gasteiger partial charge in [-0.25, -0.2) is 4.39 Å². The second-order valence-electron chi connectivity index (χ2n) is 4.23. The molecule has 0 saturated carbocycles. The summed E-state index contributed by atoms with van der Waals surface area (Å²) in [5, 5.41) is 0.364. The van der Waals surface area contributed by atoms with Gasteiger partial charge in [0, 0.05) is 11.1 Å². The fourth-order valence-electron chi connectivity index (χ4n) is 1.75. The fourth-order valence-corrected chi connectivity index (χ4v) is 2.11. The fraction of sp³-hybridized carbons (Fsp3) is 0.133. The number of hydrogen-bond donors (Lipinski definition) is 1. The molecule has 0 aliphatic carbocycles. The van der Waals surface area contributed by atoms with Gasteiger partial charge in [0.05, 0.1) is 12.1 Å². The van der Waals surface area contributed by atoms with E-state index < -0.39 is 5.82 Å². The molecule has 110 valence electrons. The van der Waals surface area contributed by atoms with Crippen LogP contribution in [-0.4, -0.2) is 12.1 Å². The van der Waals surface area contributed by atoms with Gasteiger partial charge in [0.1, 0.15) is 17.3 Å². The van der Waals surface area contributed by atoms with Crippen molar-refractivity contribution in [2.45, 2.75) is 6.61 Å². The predicted octanol–water partition coefficient (Wildman–Crippen LogP) is 3.70. The van der Waals surface area contributed by atoms with Gasteiger partial charge in [-0.1, -0.05) is 36.0 Å². The molecule has 0 spiro atoms. The third kappa shape index (κ3) is 3.62. The highest BCUT2D eigenvalue weighted by atomic mass is 35.5. The van der Waals surface area contributed by atoms with Gasteiger partial charge in [-0.15, -0.1) is 0 Å². The van der Waals surface area contributed by atoms with Crippen LogP contribution in [0.3, 0.4) is 0 Å². The van der Waals surface area contributed by atoms with Crippen LogP contribution in [0.15, 0.2) is 36.4 Å². The van der Waals surface area contributed by atoms with Gasteiger partial charge in [0.15, 0.2) is 11.6 Å². The molecule has 0 aliphatic rings. The maximum Gasteiger partial charge on any atom is 0.171 e. The summed E-state index contributed by atoms with van der Waals surface area (Å²) in [7, 11) is 1.41. The van der Waals surface area contributed by atoms with Crippen molar-refractivity contribution in [3.63, 3.8) is 0 Å². The Hall–Kier alpha value is -1.85. The molecule has 0 aromatic heterocycles. The van der Waals surface area contributed by atoms with E-state index in [-0.39, 0.29) is 17.3 Å². The van der Waals surface area contributed by atoms with Gasteiger partial charge in [-0.05, 0) is 24.3 Å². The Morgan fingerprint density at radius 2 is 2.05 bits per heavy atom. The van der Waals surface area contributed by atoms with E-state index in [1.807, 2.05) is 0 Å². The minimum Gasteiger partial charge on any atom is -0.494 e. The number of benzene rings is 2. The zero-order valence-corrected chi connectivity index (χ0v) is 12.8. The minimum absolute atomic E-state index is 0.0369. The van der Waals surface area contributed by atoms with Crippen LogP contribution in [0.4, 0.5) is 4.39 Å². The van der Waals surface area contributed by atoms with Gasteiger partial charge < -0.3 is 15.2 Å². The monoisotopic (exact) mass is 325 g/mol. The van der Waals surface area contributed by atoms with Gasteiger partial charge in [-0.2, -0.15) is 0 Å². The quantitative estimate of drug-likeness (QED) is 0.851. The minimum atomic E-state index is -0.448. The molecule has 0 unspecified atom stereocenters. The third-order valence-corrected chi connectivity index (χ3v) is 3.39. The lowest BCUT2D eigenvalue weighted by atomic mass is 10.2. The zero-order chi connectivity index (χ0) is 15.4. The third-order valence-electron chi connectivity index (χ3n) is 2.86. The number of hydrogen-bond acceptors (Lipinski definition) is 3. The van der Waals surface area contributed by atoms with E-state index in [1.165, 1.54) is 7.11 Å². The topological polar surface area (TPSA) is 44.5 Å². The molecule has 2 aromatic rings. The van der Waals surface area contributed by atoms with Crippen LogP contribution in [0.1, 0.15) is 11.1 Å². The molecule has 3 nitrogen and oxygen atoms in total. The molecule has 2 rings (SSSR count). The standard InChI is InChI=1S/C15H13ClFNO2S/c1-19-13-4-2-3-10(14(13)17)8-20-12-6-5-9(15(18)21)7-11(12)16/h2-7H,8H2,1H3,(H2,18,21). The van der Waals surface area contributed by atoms with E-state index in [4.69, 9.17) is 39.0 Å². The molecular formula is C15H13ClFNO2S. The lowest BCUT2D eigenvalue weighted by molar-refractivity contribution is 0.296. The Morgan fingerprint density at radius 1 is 1.29 bits per heavy atom. The maximum absolute atomic E-state index is 14.0. The first-order chi connectivity index (χ1) is 10.0. The molecule has 0 amide bonds. The summed E-state index contributed by atoms with van der Waals surface area (Å²) in [4.78, 5) is 0.252. The van der Waals surface area contributed by atoms with Crippen molar-refractivity contribution in [1.82, 2.24) is 0 Å². The molecule has 0 saturated heterocycles. The number of nitrogens with two attached hydrogens (primary N) is 1. The van der Waals surface area contributed by atoms with Gasteiger partial charge in [0.2, 0.25) is 0 Å². The van der Waals surface area contributed by atoms with Crippen molar-refractivity contribution in [3.05, 3.63) is 58.4 Å². The zero-order valence-electron chi connectivity index (χ0n) is 11.2. The number of methoxy groups -OCH3 is 1. The Kier molecular flexibility index (Phi) is 4.98. The molecule has 2 aromatic carbocycles. The molecule has 6 heteroatoms. The SMILES string of the molecule is COc1cccc(COc2ccc(C(N)=S)cc2Cl)c1F. The van der Waals surface area contributed by atoms with Crippen molar-refractivity contribution in [3.8, 4) is 11.5 Å². The average Bonchev–Trinajstić information content (AvgIpc) is 2.47. The predicted molar refractivity (Wildman–Crippen MR) is 84.6 cm³/mol. The lowest BCUT2D eigenvalue weighted by Crippen LogP contribution is -2.09. The highest BCUT2D eigenvalue weighted by Crippen LogP contribution is 2.27. The van der Waals surface area contributed by atoms with E-state index in [1.54, 1.807) is 36.4 Å². The van der Waals surface area contributed by atoms with Gasteiger partial charge in [0.25, 0.3) is 0 Å². The normalized spacial score (nSPS) is 10.2. The highest BCUT2D eigenvalue weighted by Gasteiger charge is 2.10. The maximum atomic E-state index is 14.0. The summed E-state index contributed by atoms with van der Waals surface area (Å²) in [6.07, 6.45) is 0. The number of rotatable bonds is 5. The molecule has 0 bridgehead atoms. The van der Waals surface area contributed by atoms with Crippen LogP contribution in [-0.2, 0) is 6.61 Å². The summed E-state index contributed by atoms with van der Waals surface area (Å²) in [5.41, 5.74) is 6.54. The Bertz CT molecular complexity index is 679. The van der Waals surface area contributed by atoms with E-state index in [9.17, 15) is 4.39 Å². The van der Waals surface area contributed by atoms with Gasteiger partial charge >= 0.3 is 0 Å². The Labute approximate surface area is 132 Å². The van der Waals surface area contributed by atoms with Crippen LogP contribution in [0.2, 0.25) is 5.02 Å². The molecule has 0 aliphatic heterocycles. The van der Waals surface area contributed by atoms with Crippen LogP contribution in [0.25, 0.3) is 0 Å².